The number of fused-ring (bicyclic) bond motifs is 1. The van der Waals surface area contributed by atoms with Gasteiger partial charge in [0, 0.05) is 6.54 Å². The molecule has 2 aromatic rings. The molecular formula is C21H23NO3. The first kappa shape index (κ1) is 17.2. The number of aliphatic carboxylic acids is 1. The van der Waals surface area contributed by atoms with Crippen LogP contribution in [0.15, 0.2) is 48.5 Å². The molecule has 1 amide bonds. The van der Waals surface area contributed by atoms with Crippen molar-refractivity contribution in [3.05, 3.63) is 70.8 Å². The van der Waals surface area contributed by atoms with Crippen LogP contribution < -0.4 is 5.32 Å². The van der Waals surface area contributed by atoms with Gasteiger partial charge in [-0.25, -0.2) is 0 Å². The molecule has 0 radical (unpaired) electrons. The van der Waals surface area contributed by atoms with Crippen LogP contribution in [0, 0.1) is 0 Å². The zero-order valence-corrected chi connectivity index (χ0v) is 14.2. The Hall–Kier alpha value is -2.62. The van der Waals surface area contributed by atoms with E-state index in [1.165, 1.54) is 24.0 Å². The van der Waals surface area contributed by atoms with E-state index in [1.54, 1.807) is 24.3 Å². The number of rotatable bonds is 6. The predicted octanol–water partition coefficient (Wildman–Crippen LogP) is 3.09. The van der Waals surface area contributed by atoms with Crippen LogP contribution in [0.5, 0.6) is 0 Å². The van der Waals surface area contributed by atoms with Crippen molar-refractivity contribution in [1.29, 1.82) is 0 Å². The van der Waals surface area contributed by atoms with Crippen molar-refractivity contribution < 1.29 is 14.7 Å². The molecule has 0 heterocycles. The second kappa shape index (κ2) is 7.97. The summed E-state index contributed by atoms with van der Waals surface area (Å²) in [5.74, 6) is -1.80. The fraction of sp³-hybridized carbons (Fsp3) is 0.333. The molecule has 0 aromatic heterocycles. The first-order valence-electron chi connectivity index (χ1n) is 8.78. The largest absolute Gasteiger partial charge is 0.481 e. The SMILES string of the molecule is O=C(Cc1ccc2c(c1)CCCC2)NCC(C(=O)O)c1ccccc1. The molecule has 4 nitrogen and oxygen atoms in total. The highest BCUT2D eigenvalue weighted by atomic mass is 16.4. The number of benzene rings is 2. The van der Waals surface area contributed by atoms with Crippen molar-refractivity contribution in [3.63, 3.8) is 0 Å². The summed E-state index contributed by atoms with van der Waals surface area (Å²) in [4.78, 5) is 23.7. The minimum absolute atomic E-state index is 0.100. The van der Waals surface area contributed by atoms with E-state index in [0.29, 0.717) is 5.56 Å². The number of hydrogen-bond acceptors (Lipinski definition) is 2. The van der Waals surface area contributed by atoms with E-state index in [0.717, 1.165) is 18.4 Å². The van der Waals surface area contributed by atoms with Crippen molar-refractivity contribution in [2.45, 2.75) is 38.0 Å². The monoisotopic (exact) mass is 337 g/mol. The Labute approximate surface area is 147 Å². The fourth-order valence-corrected chi connectivity index (χ4v) is 3.39. The Morgan fingerprint density at radius 1 is 1.00 bits per heavy atom. The van der Waals surface area contributed by atoms with E-state index >= 15 is 0 Å². The molecule has 130 valence electrons. The van der Waals surface area contributed by atoms with Crippen LogP contribution in [0.25, 0.3) is 0 Å². The Morgan fingerprint density at radius 3 is 2.44 bits per heavy atom. The normalized spacial score (nSPS) is 14.4. The zero-order chi connectivity index (χ0) is 17.6. The molecule has 25 heavy (non-hydrogen) atoms. The maximum Gasteiger partial charge on any atom is 0.312 e. The van der Waals surface area contributed by atoms with Gasteiger partial charge in [0.2, 0.25) is 5.91 Å². The van der Waals surface area contributed by atoms with E-state index in [2.05, 4.69) is 17.4 Å². The number of hydrogen-bond donors (Lipinski definition) is 2. The lowest BCUT2D eigenvalue weighted by atomic mass is 9.90. The van der Waals surface area contributed by atoms with Crippen molar-refractivity contribution in [2.24, 2.45) is 0 Å². The smallest absolute Gasteiger partial charge is 0.312 e. The number of carboxylic acids is 1. The molecular weight excluding hydrogens is 314 g/mol. The van der Waals surface area contributed by atoms with Crippen LogP contribution in [-0.4, -0.2) is 23.5 Å². The average molecular weight is 337 g/mol. The summed E-state index contributed by atoms with van der Waals surface area (Å²) in [6.07, 6.45) is 4.94. The van der Waals surface area contributed by atoms with Crippen molar-refractivity contribution in [3.8, 4) is 0 Å². The summed E-state index contributed by atoms with van der Waals surface area (Å²) in [6.45, 7) is 0.100. The Morgan fingerprint density at radius 2 is 1.72 bits per heavy atom. The molecule has 4 heteroatoms. The summed E-state index contributed by atoms with van der Waals surface area (Å²) >= 11 is 0. The number of carbonyl (C=O) groups is 2. The second-order valence-electron chi connectivity index (χ2n) is 6.59. The molecule has 0 spiro atoms. The molecule has 1 aliphatic rings. The van der Waals surface area contributed by atoms with E-state index in [-0.39, 0.29) is 18.9 Å². The summed E-state index contributed by atoms with van der Waals surface area (Å²) in [7, 11) is 0. The van der Waals surface area contributed by atoms with Crippen LogP contribution in [0.3, 0.4) is 0 Å². The standard InChI is InChI=1S/C21H23NO3/c23-20(13-15-10-11-16-6-4-5-9-18(16)12-15)22-14-19(21(24)25)17-7-2-1-3-8-17/h1-3,7-8,10-12,19H,4-6,9,13-14H2,(H,22,23)(H,24,25). The van der Waals surface area contributed by atoms with Gasteiger partial charge in [0.25, 0.3) is 0 Å². The van der Waals surface area contributed by atoms with E-state index < -0.39 is 11.9 Å². The maximum absolute atomic E-state index is 12.2. The van der Waals surface area contributed by atoms with Gasteiger partial charge in [-0.05, 0) is 47.9 Å². The minimum Gasteiger partial charge on any atom is -0.481 e. The third kappa shape index (κ3) is 4.47. The Kier molecular flexibility index (Phi) is 5.49. The van der Waals surface area contributed by atoms with Gasteiger partial charge in [-0.2, -0.15) is 0 Å². The lowest BCUT2D eigenvalue weighted by Crippen LogP contribution is -2.32. The van der Waals surface area contributed by atoms with E-state index in [9.17, 15) is 14.7 Å². The Bertz CT molecular complexity index is 755. The fourth-order valence-electron chi connectivity index (χ4n) is 3.39. The molecule has 1 atom stereocenters. The van der Waals surface area contributed by atoms with Crippen molar-refractivity contribution >= 4 is 11.9 Å². The summed E-state index contributed by atoms with van der Waals surface area (Å²) in [5.41, 5.74) is 4.43. The molecule has 0 bridgehead atoms. The summed E-state index contributed by atoms with van der Waals surface area (Å²) < 4.78 is 0. The van der Waals surface area contributed by atoms with Crippen LogP contribution in [0.1, 0.15) is 41.0 Å². The van der Waals surface area contributed by atoms with Crippen LogP contribution in [0.4, 0.5) is 0 Å². The van der Waals surface area contributed by atoms with Crippen LogP contribution in [0.2, 0.25) is 0 Å². The molecule has 0 saturated heterocycles. The van der Waals surface area contributed by atoms with Gasteiger partial charge in [0.05, 0.1) is 12.3 Å². The molecule has 0 fully saturated rings. The first-order valence-corrected chi connectivity index (χ1v) is 8.78. The van der Waals surface area contributed by atoms with Gasteiger partial charge >= 0.3 is 5.97 Å². The molecule has 1 aliphatic carbocycles. The first-order chi connectivity index (χ1) is 12.1. The highest BCUT2D eigenvalue weighted by molar-refractivity contribution is 5.81. The van der Waals surface area contributed by atoms with Gasteiger partial charge in [-0.3, -0.25) is 9.59 Å². The van der Waals surface area contributed by atoms with Gasteiger partial charge in [-0.1, -0.05) is 48.5 Å². The van der Waals surface area contributed by atoms with Gasteiger partial charge in [0.1, 0.15) is 0 Å². The van der Waals surface area contributed by atoms with E-state index in [1.807, 2.05) is 12.1 Å². The minimum atomic E-state index is -0.930. The Balaban J connectivity index is 1.59. The molecule has 3 rings (SSSR count). The van der Waals surface area contributed by atoms with Crippen LogP contribution >= 0.6 is 0 Å². The van der Waals surface area contributed by atoms with Gasteiger partial charge in [0.15, 0.2) is 0 Å². The van der Waals surface area contributed by atoms with Gasteiger partial charge < -0.3 is 10.4 Å². The zero-order valence-electron chi connectivity index (χ0n) is 14.2. The van der Waals surface area contributed by atoms with Gasteiger partial charge in [-0.15, -0.1) is 0 Å². The summed E-state index contributed by atoms with van der Waals surface area (Å²) in [6, 6.07) is 15.3. The average Bonchev–Trinajstić information content (AvgIpc) is 2.62. The molecule has 1 unspecified atom stereocenters. The predicted molar refractivity (Wildman–Crippen MR) is 96.6 cm³/mol. The molecule has 0 saturated carbocycles. The topological polar surface area (TPSA) is 66.4 Å². The number of aryl methyl sites for hydroxylation is 2. The molecule has 2 aromatic carbocycles. The second-order valence-corrected chi connectivity index (χ2v) is 6.59. The van der Waals surface area contributed by atoms with E-state index in [4.69, 9.17) is 0 Å². The highest BCUT2D eigenvalue weighted by Crippen LogP contribution is 2.22. The summed E-state index contributed by atoms with van der Waals surface area (Å²) in [5, 5.41) is 12.2. The molecule has 2 N–H and O–H groups in total. The highest BCUT2D eigenvalue weighted by Gasteiger charge is 2.20. The van der Waals surface area contributed by atoms with Crippen LogP contribution in [-0.2, 0) is 28.9 Å². The lowest BCUT2D eigenvalue weighted by Gasteiger charge is -2.17. The number of amides is 1. The quantitative estimate of drug-likeness (QED) is 0.851. The molecule has 0 aliphatic heterocycles. The third-order valence-corrected chi connectivity index (χ3v) is 4.78. The maximum atomic E-state index is 12.2. The number of carboxylic acid groups (broad SMARTS) is 1. The van der Waals surface area contributed by atoms with Crippen molar-refractivity contribution in [1.82, 2.24) is 5.32 Å². The third-order valence-electron chi connectivity index (χ3n) is 4.78. The lowest BCUT2D eigenvalue weighted by molar-refractivity contribution is -0.138. The number of carbonyl (C=O) groups excluding carboxylic acids is 1. The number of nitrogens with one attached hydrogen (secondary N) is 1. The van der Waals surface area contributed by atoms with Crippen molar-refractivity contribution in [2.75, 3.05) is 6.54 Å².